The first-order valence-corrected chi connectivity index (χ1v) is 8.43. The van der Waals surface area contributed by atoms with Crippen LogP contribution in [0.25, 0.3) is 0 Å². The molecular formula is C16H34N4. The Hall–Kier alpha value is -0.770. The number of nitrogens with one attached hydrogen (secondary N) is 2. The maximum atomic E-state index is 4.34. The molecule has 4 nitrogen and oxygen atoms in total. The number of guanidine groups is 1. The highest BCUT2D eigenvalue weighted by Gasteiger charge is 2.20. The van der Waals surface area contributed by atoms with Crippen LogP contribution in [0.3, 0.4) is 0 Å². The molecule has 0 aromatic heterocycles. The number of hydrogen-bond donors (Lipinski definition) is 2. The minimum atomic E-state index is 0.643. The summed E-state index contributed by atoms with van der Waals surface area (Å²) in [6, 6.07) is 0.643. The summed E-state index contributed by atoms with van der Waals surface area (Å²) >= 11 is 0. The molecule has 1 atom stereocenters. The van der Waals surface area contributed by atoms with Gasteiger partial charge in [-0.1, -0.05) is 33.6 Å². The summed E-state index contributed by atoms with van der Waals surface area (Å²) in [6.07, 6.45) is 6.38. The van der Waals surface area contributed by atoms with Crippen LogP contribution in [0.5, 0.6) is 0 Å². The molecule has 1 rings (SSSR count). The van der Waals surface area contributed by atoms with Crippen LogP contribution in [-0.4, -0.2) is 50.1 Å². The van der Waals surface area contributed by atoms with Gasteiger partial charge in [-0.05, 0) is 38.3 Å². The maximum absolute atomic E-state index is 4.34. The molecule has 0 aliphatic carbocycles. The lowest BCUT2D eigenvalue weighted by Crippen LogP contribution is -2.47. The van der Waals surface area contributed by atoms with Crippen molar-refractivity contribution in [2.75, 3.05) is 33.2 Å². The highest BCUT2D eigenvalue weighted by atomic mass is 15.2. The number of rotatable bonds is 8. The first-order valence-electron chi connectivity index (χ1n) is 8.43. The van der Waals surface area contributed by atoms with E-state index in [1.54, 1.807) is 0 Å². The van der Waals surface area contributed by atoms with Gasteiger partial charge in [0.1, 0.15) is 0 Å². The van der Waals surface area contributed by atoms with Gasteiger partial charge >= 0.3 is 0 Å². The van der Waals surface area contributed by atoms with E-state index in [4.69, 9.17) is 0 Å². The lowest BCUT2D eigenvalue weighted by Gasteiger charge is -2.27. The van der Waals surface area contributed by atoms with Crippen LogP contribution in [0, 0.1) is 5.92 Å². The van der Waals surface area contributed by atoms with Crippen LogP contribution in [0.2, 0.25) is 0 Å². The van der Waals surface area contributed by atoms with Gasteiger partial charge in [-0.25, -0.2) is 0 Å². The largest absolute Gasteiger partial charge is 0.356 e. The molecule has 0 spiro atoms. The molecule has 4 heteroatoms. The predicted molar refractivity (Wildman–Crippen MR) is 88.3 cm³/mol. The third-order valence-corrected chi connectivity index (χ3v) is 4.57. The normalized spacial score (nSPS) is 18.6. The van der Waals surface area contributed by atoms with Gasteiger partial charge in [0.25, 0.3) is 0 Å². The average Bonchev–Trinajstić information content (AvgIpc) is 3.00. The topological polar surface area (TPSA) is 39.7 Å². The molecule has 1 heterocycles. The molecule has 1 fully saturated rings. The lowest BCUT2D eigenvalue weighted by atomic mass is 10.0. The van der Waals surface area contributed by atoms with E-state index in [0.29, 0.717) is 6.04 Å². The second-order valence-electron chi connectivity index (χ2n) is 5.82. The fourth-order valence-corrected chi connectivity index (χ4v) is 2.89. The fourth-order valence-electron chi connectivity index (χ4n) is 2.89. The highest BCUT2D eigenvalue weighted by molar-refractivity contribution is 5.79. The number of nitrogens with zero attached hydrogens (tertiary/aromatic N) is 2. The lowest BCUT2D eigenvalue weighted by molar-refractivity contribution is 0.236. The highest BCUT2D eigenvalue weighted by Crippen LogP contribution is 2.13. The fraction of sp³-hybridized carbons (Fsp3) is 0.938. The molecule has 1 unspecified atom stereocenters. The molecule has 1 aliphatic heterocycles. The molecule has 1 aliphatic rings. The Labute approximate surface area is 125 Å². The van der Waals surface area contributed by atoms with Gasteiger partial charge in [-0.3, -0.25) is 9.89 Å². The summed E-state index contributed by atoms with van der Waals surface area (Å²) in [4.78, 5) is 6.95. The summed E-state index contributed by atoms with van der Waals surface area (Å²) in [6.45, 7) is 11.3. The van der Waals surface area contributed by atoms with Gasteiger partial charge in [0.15, 0.2) is 5.96 Å². The van der Waals surface area contributed by atoms with Gasteiger partial charge in [-0.15, -0.1) is 0 Å². The Morgan fingerprint density at radius 3 is 2.10 bits per heavy atom. The van der Waals surface area contributed by atoms with E-state index in [-0.39, 0.29) is 0 Å². The quantitative estimate of drug-likeness (QED) is 0.531. The Morgan fingerprint density at radius 1 is 1.00 bits per heavy atom. The van der Waals surface area contributed by atoms with Crippen LogP contribution in [0.1, 0.15) is 52.9 Å². The SMILES string of the molecule is CCC(CC)CNC(=NC)NCC(CC)N1CCCC1. The van der Waals surface area contributed by atoms with E-state index in [0.717, 1.165) is 25.0 Å². The van der Waals surface area contributed by atoms with Crippen LogP contribution in [-0.2, 0) is 0 Å². The Morgan fingerprint density at radius 2 is 1.60 bits per heavy atom. The van der Waals surface area contributed by atoms with Gasteiger partial charge in [0.2, 0.25) is 0 Å². The van der Waals surface area contributed by atoms with Gasteiger partial charge in [0, 0.05) is 26.2 Å². The van der Waals surface area contributed by atoms with E-state index in [1.807, 2.05) is 7.05 Å². The Kier molecular flexibility index (Phi) is 8.67. The molecule has 2 N–H and O–H groups in total. The molecule has 1 saturated heterocycles. The van der Waals surface area contributed by atoms with E-state index >= 15 is 0 Å². The van der Waals surface area contributed by atoms with E-state index in [2.05, 4.69) is 41.3 Å². The minimum Gasteiger partial charge on any atom is -0.356 e. The second-order valence-corrected chi connectivity index (χ2v) is 5.82. The molecule has 0 aromatic rings. The summed E-state index contributed by atoms with van der Waals surface area (Å²) in [5.74, 6) is 1.70. The van der Waals surface area contributed by atoms with Crippen molar-refractivity contribution in [3.8, 4) is 0 Å². The molecule has 0 amide bonds. The van der Waals surface area contributed by atoms with Crippen LogP contribution < -0.4 is 10.6 Å². The summed E-state index contributed by atoms with van der Waals surface area (Å²) in [5, 5.41) is 6.96. The van der Waals surface area contributed by atoms with Crippen LogP contribution in [0.15, 0.2) is 4.99 Å². The second kappa shape index (κ2) is 10.0. The van der Waals surface area contributed by atoms with Gasteiger partial charge in [0.05, 0.1) is 0 Å². The van der Waals surface area contributed by atoms with Crippen LogP contribution in [0.4, 0.5) is 0 Å². The maximum Gasteiger partial charge on any atom is 0.191 e. The average molecular weight is 282 g/mol. The molecule has 0 radical (unpaired) electrons. The van der Waals surface area contributed by atoms with Crippen molar-refractivity contribution < 1.29 is 0 Å². The van der Waals surface area contributed by atoms with Crippen molar-refractivity contribution >= 4 is 5.96 Å². The number of likely N-dealkylation sites (tertiary alicyclic amines) is 1. The third kappa shape index (κ3) is 5.70. The first-order chi connectivity index (χ1) is 9.74. The molecular weight excluding hydrogens is 248 g/mol. The van der Waals surface area contributed by atoms with Crippen molar-refractivity contribution in [1.29, 1.82) is 0 Å². The van der Waals surface area contributed by atoms with Gasteiger partial charge in [-0.2, -0.15) is 0 Å². The monoisotopic (exact) mass is 282 g/mol. The van der Waals surface area contributed by atoms with E-state index in [9.17, 15) is 0 Å². The first kappa shape index (κ1) is 17.3. The zero-order valence-electron chi connectivity index (χ0n) is 13.9. The van der Waals surface area contributed by atoms with Crippen molar-refractivity contribution in [1.82, 2.24) is 15.5 Å². The summed E-state index contributed by atoms with van der Waals surface area (Å²) < 4.78 is 0. The minimum absolute atomic E-state index is 0.643. The smallest absolute Gasteiger partial charge is 0.191 e. The van der Waals surface area contributed by atoms with E-state index in [1.165, 1.54) is 45.2 Å². The third-order valence-electron chi connectivity index (χ3n) is 4.57. The molecule has 0 bridgehead atoms. The van der Waals surface area contributed by atoms with E-state index < -0.39 is 0 Å². The standard InChI is InChI=1S/C16H34N4/c1-5-14(6-2)12-18-16(17-4)19-13-15(7-3)20-10-8-9-11-20/h14-15H,5-13H2,1-4H3,(H2,17,18,19). The van der Waals surface area contributed by atoms with Crippen molar-refractivity contribution in [3.05, 3.63) is 0 Å². The number of hydrogen-bond acceptors (Lipinski definition) is 2. The molecule has 0 saturated carbocycles. The van der Waals surface area contributed by atoms with Crippen molar-refractivity contribution in [3.63, 3.8) is 0 Å². The molecule has 20 heavy (non-hydrogen) atoms. The van der Waals surface area contributed by atoms with Gasteiger partial charge < -0.3 is 10.6 Å². The predicted octanol–water partition coefficient (Wildman–Crippen LogP) is 2.46. The summed E-state index contributed by atoms with van der Waals surface area (Å²) in [5.41, 5.74) is 0. The molecule has 0 aromatic carbocycles. The van der Waals surface area contributed by atoms with Crippen molar-refractivity contribution in [2.24, 2.45) is 10.9 Å². The van der Waals surface area contributed by atoms with Crippen LogP contribution >= 0.6 is 0 Å². The van der Waals surface area contributed by atoms with Crippen molar-refractivity contribution in [2.45, 2.75) is 58.9 Å². The molecule has 118 valence electrons. The zero-order chi connectivity index (χ0) is 14.8. The zero-order valence-corrected chi connectivity index (χ0v) is 13.9. The Bertz CT molecular complexity index is 268. The Balaban J connectivity index is 2.32. The number of aliphatic imine (C=N–C) groups is 1. The summed E-state index contributed by atoms with van der Waals surface area (Å²) in [7, 11) is 1.86.